The van der Waals surface area contributed by atoms with Gasteiger partial charge in [-0.05, 0) is 17.5 Å². The van der Waals surface area contributed by atoms with Crippen molar-refractivity contribution in [2.45, 2.75) is 44.8 Å². The lowest BCUT2D eigenvalue weighted by molar-refractivity contribution is -0.117. The lowest BCUT2D eigenvalue weighted by atomic mass is 10.0. The number of ether oxygens (including phenoxy) is 3. The van der Waals surface area contributed by atoms with Crippen LogP contribution in [0.1, 0.15) is 24.5 Å². The average Bonchev–Trinajstić information content (AvgIpc) is 3.06. The van der Waals surface area contributed by atoms with Gasteiger partial charge in [-0.25, -0.2) is 4.79 Å². The number of hydroxylamine groups is 2. The summed E-state index contributed by atoms with van der Waals surface area (Å²) in [5.74, 6) is -0.352. The van der Waals surface area contributed by atoms with E-state index in [4.69, 9.17) is 14.2 Å². The molecule has 0 radical (unpaired) electrons. The zero-order valence-corrected chi connectivity index (χ0v) is 17.1. The summed E-state index contributed by atoms with van der Waals surface area (Å²) < 4.78 is 16.5. The fourth-order valence-corrected chi connectivity index (χ4v) is 3.59. The summed E-state index contributed by atoms with van der Waals surface area (Å²) in [5.41, 5.74) is 1.91. The highest BCUT2D eigenvalue weighted by Gasteiger charge is 2.45. The summed E-state index contributed by atoms with van der Waals surface area (Å²) in [6.45, 7) is 3.04. The lowest BCUT2D eigenvalue weighted by Crippen LogP contribution is -2.40. The molecule has 0 heterocycles. The zero-order chi connectivity index (χ0) is 21.3. The van der Waals surface area contributed by atoms with Crippen LogP contribution in [0.25, 0.3) is 0 Å². The van der Waals surface area contributed by atoms with E-state index in [0.717, 1.165) is 11.1 Å². The van der Waals surface area contributed by atoms with Crippen LogP contribution in [0, 0.1) is 5.92 Å². The lowest BCUT2D eigenvalue weighted by Gasteiger charge is -2.25. The zero-order valence-electron chi connectivity index (χ0n) is 17.1. The van der Waals surface area contributed by atoms with Gasteiger partial charge in [0, 0.05) is 5.92 Å². The normalized spacial score (nSPS) is 23.3. The predicted molar refractivity (Wildman–Crippen MR) is 110 cm³/mol. The van der Waals surface area contributed by atoms with Crippen molar-refractivity contribution in [2.24, 2.45) is 5.92 Å². The van der Waals surface area contributed by atoms with Crippen LogP contribution in [-0.2, 0) is 27.4 Å². The van der Waals surface area contributed by atoms with Crippen LogP contribution in [0.2, 0.25) is 0 Å². The number of aliphatic hydroxyl groups is 1. The number of hydrogen-bond acceptors (Lipinski definition) is 6. The minimum absolute atomic E-state index is 0.0685. The minimum Gasteiger partial charge on any atom is -0.443 e. The highest BCUT2D eigenvalue weighted by Crippen LogP contribution is 2.32. The van der Waals surface area contributed by atoms with Crippen molar-refractivity contribution in [1.82, 2.24) is 5.06 Å². The Bertz CT molecular complexity index is 772. The SMILES string of the molecule is C[C@@H]1[C@H](O)[C@@H](OCCOCc2ccccc2)C[C@H]1N(O)C(=O)OCc1ccccc1. The van der Waals surface area contributed by atoms with Crippen LogP contribution in [0.15, 0.2) is 60.7 Å². The maximum atomic E-state index is 12.2. The Hall–Kier alpha value is -2.45. The van der Waals surface area contributed by atoms with Gasteiger partial charge in [-0.15, -0.1) is 0 Å². The molecule has 0 bridgehead atoms. The first-order valence-corrected chi connectivity index (χ1v) is 10.2. The van der Waals surface area contributed by atoms with Gasteiger partial charge in [0.25, 0.3) is 0 Å². The molecule has 1 aliphatic rings. The first kappa shape index (κ1) is 22.2. The first-order chi connectivity index (χ1) is 14.6. The molecular formula is C23H29NO6. The fourth-order valence-electron chi connectivity index (χ4n) is 3.59. The molecule has 30 heavy (non-hydrogen) atoms. The fraction of sp³-hybridized carbons (Fsp3) is 0.435. The highest BCUT2D eigenvalue weighted by atomic mass is 16.6. The topological polar surface area (TPSA) is 88.5 Å². The van der Waals surface area contributed by atoms with Crippen LogP contribution in [0.4, 0.5) is 4.79 Å². The molecule has 0 saturated heterocycles. The third kappa shape index (κ3) is 6.03. The molecule has 162 valence electrons. The highest BCUT2D eigenvalue weighted by molar-refractivity contribution is 5.66. The largest absolute Gasteiger partial charge is 0.443 e. The van der Waals surface area contributed by atoms with Gasteiger partial charge in [0.2, 0.25) is 0 Å². The Morgan fingerprint density at radius 2 is 1.60 bits per heavy atom. The van der Waals surface area contributed by atoms with Crippen LogP contribution in [0.5, 0.6) is 0 Å². The van der Waals surface area contributed by atoms with Gasteiger partial charge in [-0.3, -0.25) is 5.21 Å². The van der Waals surface area contributed by atoms with Crippen LogP contribution >= 0.6 is 0 Å². The Labute approximate surface area is 176 Å². The molecular weight excluding hydrogens is 386 g/mol. The Morgan fingerprint density at radius 1 is 1.00 bits per heavy atom. The van der Waals surface area contributed by atoms with Crippen molar-refractivity contribution < 1.29 is 29.3 Å². The van der Waals surface area contributed by atoms with Crippen molar-refractivity contribution in [1.29, 1.82) is 0 Å². The predicted octanol–water partition coefficient (Wildman–Crippen LogP) is 3.39. The van der Waals surface area contributed by atoms with Gasteiger partial charge in [0.15, 0.2) is 0 Å². The molecule has 1 fully saturated rings. The monoisotopic (exact) mass is 415 g/mol. The standard InChI is InChI=1S/C23H29NO6/c1-17-20(24(27)23(26)30-16-19-10-6-3-7-11-19)14-21(22(17)25)29-13-12-28-15-18-8-4-2-5-9-18/h2-11,17,20-22,25,27H,12-16H2,1H3/t17-,20+,21-,22-/m0/s1. The Kier molecular flexibility index (Phi) is 8.21. The molecule has 7 nitrogen and oxygen atoms in total. The van der Waals surface area contributed by atoms with E-state index in [1.54, 1.807) is 6.92 Å². The number of carbonyl (C=O) groups is 1. The third-order valence-electron chi connectivity index (χ3n) is 5.38. The van der Waals surface area contributed by atoms with E-state index >= 15 is 0 Å². The van der Waals surface area contributed by atoms with Crippen molar-refractivity contribution >= 4 is 6.09 Å². The smallest absolute Gasteiger partial charge is 0.434 e. The summed E-state index contributed by atoms with van der Waals surface area (Å²) in [4.78, 5) is 12.2. The Morgan fingerprint density at radius 3 is 2.23 bits per heavy atom. The van der Waals surface area contributed by atoms with Gasteiger partial charge in [-0.2, -0.15) is 5.06 Å². The van der Waals surface area contributed by atoms with E-state index in [-0.39, 0.29) is 12.5 Å². The number of aliphatic hydroxyl groups excluding tert-OH is 1. The number of amides is 1. The second kappa shape index (κ2) is 11.1. The first-order valence-electron chi connectivity index (χ1n) is 10.2. The molecule has 0 aromatic heterocycles. The number of rotatable bonds is 9. The number of carbonyl (C=O) groups excluding carboxylic acids is 1. The summed E-state index contributed by atoms with van der Waals surface area (Å²) in [6.07, 6.45) is -1.80. The number of benzene rings is 2. The molecule has 3 rings (SSSR count). The van der Waals surface area contributed by atoms with Crippen molar-refractivity contribution in [3.05, 3.63) is 71.8 Å². The molecule has 4 atom stereocenters. The molecule has 7 heteroatoms. The van der Waals surface area contributed by atoms with Gasteiger partial charge in [-0.1, -0.05) is 67.6 Å². The van der Waals surface area contributed by atoms with Gasteiger partial charge >= 0.3 is 6.09 Å². The summed E-state index contributed by atoms with van der Waals surface area (Å²) in [7, 11) is 0. The maximum absolute atomic E-state index is 12.2. The van der Waals surface area contributed by atoms with Gasteiger partial charge < -0.3 is 19.3 Å². The third-order valence-corrected chi connectivity index (χ3v) is 5.38. The van der Waals surface area contributed by atoms with E-state index in [1.807, 2.05) is 60.7 Å². The quantitative estimate of drug-likeness (QED) is 0.371. The van der Waals surface area contributed by atoms with E-state index < -0.39 is 24.3 Å². The van der Waals surface area contributed by atoms with Crippen LogP contribution < -0.4 is 0 Å². The maximum Gasteiger partial charge on any atom is 0.434 e. The van der Waals surface area contributed by atoms with Crippen molar-refractivity contribution in [3.63, 3.8) is 0 Å². The average molecular weight is 415 g/mol. The second-order valence-corrected chi connectivity index (χ2v) is 7.48. The molecule has 0 spiro atoms. The number of nitrogens with zero attached hydrogens (tertiary/aromatic N) is 1. The van der Waals surface area contributed by atoms with E-state index in [2.05, 4.69) is 0 Å². The van der Waals surface area contributed by atoms with Crippen molar-refractivity contribution in [3.8, 4) is 0 Å². The molecule has 2 aromatic rings. The summed E-state index contributed by atoms with van der Waals surface area (Å²) >= 11 is 0. The summed E-state index contributed by atoms with van der Waals surface area (Å²) in [6, 6.07) is 18.5. The molecule has 1 saturated carbocycles. The summed E-state index contributed by atoms with van der Waals surface area (Å²) in [5, 5.41) is 21.3. The van der Waals surface area contributed by atoms with E-state index in [0.29, 0.717) is 31.3 Å². The number of hydrogen-bond donors (Lipinski definition) is 2. The Balaban J connectivity index is 1.40. The van der Waals surface area contributed by atoms with Gasteiger partial charge in [0.05, 0.1) is 38.1 Å². The van der Waals surface area contributed by atoms with Crippen molar-refractivity contribution in [2.75, 3.05) is 13.2 Å². The second-order valence-electron chi connectivity index (χ2n) is 7.48. The molecule has 0 unspecified atom stereocenters. The van der Waals surface area contributed by atoms with E-state index in [1.165, 1.54) is 0 Å². The van der Waals surface area contributed by atoms with Crippen LogP contribution in [0.3, 0.4) is 0 Å². The molecule has 2 aromatic carbocycles. The molecule has 0 aliphatic heterocycles. The molecule has 1 aliphatic carbocycles. The van der Waals surface area contributed by atoms with Gasteiger partial charge in [0.1, 0.15) is 6.61 Å². The minimum atomic E-state index is -0.838. The molecule has 2 N–H and O–H groups in total. The molecule has 1 amide bonds. The van der Waals surface area contributed by atoms with Crippen LogP contribution in [-0.4, -0.2) is 52.9 Å². The van der Waals surface area contributed by atoms with E-state index in [9.17, 15) is 15.1 Å².